The van der Waals surface area contributed by atoms with Gasteiger partial charge in [0.1, 0.15) is 22.8 Å². The Bertz CT molecular complexity index is 765. The molecule has 0 N–H and O–H groups in total. The zero-order valence-electron chi connectivity index (χ0n) is 15.7. The minimum atomic E-state index is -0.445. The number of methoxy groups -OCH3 is 1. The van der Waals surface area contributed by atoms with Crippen LogP contribution in [0.25, 0.3) is 0 Å². The molecule has 0 aliphatic carbocycles. The van der Waals surface area contributed by atoms with Gasteiger partial charge in [0.15, 0.2) is 0 Å². The number of furan rings is 1. The molecule has 0 saturated carbocycles. The molecule has 1 aromatic heterocycles. The average molecular weight is 359 g/mol. The van der Waals surface area contributed by atoms with Gasteiger partial charge in [-0.15, -0.1) is 0 Å². The first kappa shape index (κ1) is 19.6. The van der Waals surface area contributed by atoms with Crippen LogP contribution in [-0.4, -0.2) is 37.5 Å². The van der Waals surface area contributed by atoms with E-state index in [9.17, 15) is 9.59 Å². The van der Waals surface area contributed by atoms with E-state index in [1.807, 2.05) is 31.2 Å². The minimum Gasteiger partial charge on any atom is -0.494 e. The summed E-state index contributed by atoms with van der Waals surface area (Å²) in [6.07, 6.45) is 1.01. The highest BCUT2D eigenvalue weighted by atomic mass is 16.5. The number of aryl methyl sites for hydroxylation is 2. The lowest BCUT2D eigenvalue weighted by Crippen LogP contribution is -2.26. The van der Waals surface area contributed by atoms with Crippen molar-refractivity contribution in [2.45, 2.75) is 33.2 Å². The summed E-state index contributed by atoms with van der Waals surface area (Å²) in [5.41, 5.74) is 1.52. The summed E-state index contributed by atoms with van der Waals surface area (Å²) < 4.78 is 15.9. The Balaban J connectivity index is 1.78. The Hall–Kier alpha value is -2.76. The number of ether oxygens (including phenoxy) is 2. The smallest absolute Gasteiger partial charge is 0.341 e. The van der Waals surface area contributed by atoms with Gasteiger partial charge in [-0.05, 0) is 44.0 Å². The van der Waals surface area contributed by atoms with E-state index in [2.05, 4.69) is 0 Å². The molecule has 0 fully saturated rings. The number of nitrogens with zero attached hydrogens (tertiary/aromatic N) is 1. The summed E-state index contributed by atoms with van der Waals surface area (Å²) in [4.78, 5) is 25.4. The Morgan fingerprint density at radius 3 is 2.65 bits per heavy atom. The molecule has 0 bridgehead atoms. The Morgan fingerprint density at radius 2 is 1.96 bits per heavy atom. The van der Waals surface area contributed by atoms with Crippen LogP contribution in [0.15, 0.2) is 34.7 Å². The van der Waals surface area contributed by atoms with Gasteiger partial charge in [-0.2, -0.15) is 0 Å². The van der Waals surface area contributed by atoms with Crippen LogP contribution in [0.4, 0.5) is 0 Å². The molecule has 2 rings (SSSR count). The number of rotatable bonds is 8. The average Bonchev–Trinajstić information content (AvgIpc) is 2.98. The van der Waals surface area contributed by atoms with Crippen LogP contribution < -0.4 is 4.74 Å². The van der Waals surface area contributed by atoms with Crippen molar-refractivity contribution in [2.24, 2.45) is 0 Å². The second-order valence-electron chi connectivity index (χ2n) is 6.19. The Kier molecular flexibility index (Phi) is 6.83. The number of carbonyl (C=O) groups excluding carboxylic acids is 2. The molecule has 0 atom stereocenters. The fourth-order valence-electron chi connectivity index (χ4n) is 2.57. The van der Waals surface area contributed by atoms with Gasteiger partial charge in [-0.3, -0.25) is 4.79 Å². The third-order valence-electron chi connectivity index (χ3n) is 3.99. The van der Waals surface area contributed by atoms with Crippen LogP contribution in [0.1, 0.15) is 40.3 Å². The highest BCUT2D eigenvalue weighted by Crippen LogP contribution is 2.17. The third kappa shape index (κ3) is 5.37. The van der Waals surface area contributed by atoms with Gasteiger partial charge in [0.25, 0.3) is 0 Å². The van der Waals surface area contributed by atoms with Gasteiger partial charge in [-0.1, -0.05) is 12.1 Å². The van der Waals surface area contributed by atoms with Gasteiger partial charge >= 0.3 is 5.97 Å². The summed E-state index contributed by atoms with van der Waals surface area (Å²) in [6.45, 7) is 4.48. The van der Waals surface area contributed by atoms with Crippen LogP contribution in [0, 0.1) is 13.8 Å². The maximum atomic E-state index is 12.2. The van der Waals surface area contributed by atoms with Gasteiger partial charge < -0.3 is 18.8 Å². The first-order valence-electron chi connectivity index (χ1n) is 8.51. The molecular formula is C20H25NO5. The van der Waals surface area contributed by atoms with E-state index < -0.39 is 5.97 Å². The van der Waals surface area contributed by atoms with Crippen molar-refractivity contribution in [3.8, 4) is 5.75 Å². The van der Waals surface area contributed by atoms with Crippen molar-refractivity contribution in [1.29, 1.82) is 0 Å². The molecule has 0 aliphatic heterocycles. The zero-order valence-corrected chi connectivity index (χ0v) is 15.7. The molecule has 0 saturated heterocycles. The van der Waals surface area contributed by atoms with Crippen LogP contribution in [0.5, 0.6) is 5.75 Å². The van der Waals surface area contributed by atoms with Crippen molar-refractivity contribution in [2.75, 3.05) is 20.8 Å². The highest BCUT2D eigenvalue weighted by molar-refractivity contribution is 5.90. The molecule has 6 heteroatoms. The van der Waals surface area contributed by atoms with Crippen LogP contribution in [0.3, 0.4) is 0 Å². The highest BCUT2D eigenvalue weighted by Gasteiger charge is 2.17. The lowest BCUT2D eigenvalue weighted by molar-refractivity contribution is -0.130. The zero-order chi connectivity index (χ0) is 19.1. The molecule has 1 amide bonds. The van der Waals surface area contributed by atoms with E-state index in [1.165, 1.54) is 7.11 Å². The predicted octanol–water partition coefficient (Wildman–Crippen LogP) is 3.50. The summed E-state index contributed by atoms with van der Waals surface area (Å²) in [7, 11) is 3.03. The third-order valence-corrected chi connectivity index (χ3v) is 3.99. The topological polar surface area (TPSA) is 69.0 Å². The molecule has 6 nitrogen and oxygen atoms in total. The van der Waals surface area contributed by atoms with E-state index in [0.717, 1.165) is 11.3 Å². The first-order valence-corrected chi connectivity index (χ1v) is 8.51. The van der Waals surface area contributed by atoms with Crippen molar-refractivity contribution < 1.29 is 23.5 Å². The lowest BCUT2D eigenvalue weighted by Gasteiger charge is -2.15. The molecule has 0 radical (unpaired) electrons. The Labute approximate surface area is 153 Å². The van der Waals surface area contributed by atoms with Crippen LogP contribution in [0.2, 0.25) is 0 Å². The van der Waals surface area contributed by atoms with Gasteiger partial charge in [-0.25, -0.2) is 4.79 Å². The normalized spacial score (nSPS) is 10.5. The van der Waals surface area contributed by atoms with E-state index in [-0.39, 0.29) is 5.91 Å². The molecule has 0 aliphatic rings. The predicted molar refractivity (Wildman–Crippen MR) is 97.2 cm³/mol. The molecule has 140 valence electrons. The van der Waals surface area contributed by atoms with E-state index in [0.29, 0.717) is 43.1 Å². The molecule has 0 unspecified atom stereocenters. The second kappa shape index (κ2) is 9.08. The molecule has 26 heavy (non-hydrogen) atoms. The summed E-state index contributed by atoms with van der Waals surface area (Å²) in [5.74, 6) is 1.40. The number of hydrogen-bond donors (Lipinski definition) is 0. The van der Waals surface area contributed by atoms with Crippen LogP contribution >= 0.6 is 0 Å². The molecule has 0 spiro atoms. The minimum absolute atomic E-state index is 0.00786. The number of benzene rings is 1. The lowest BCUT2D eigenvalue weighted by atomic mass is 10.2. The number of esters is 1. The van der Waals surface area contributed by atoms with Crippen molar-refractivity contribution in [3.05, 3.63) is 53.0 Å². The second-order valence-corrected chi connectivity index (χ2v) is 6.19. The fourth-order valence-corrected chi connectivity index (χ4v) is 2.57. The summed E-state index contributed by atoms with van der Waals surface area (Å²) in [5, 5.41) is 0. The molecule has 2 aromatic rings. The van der Waals surface area contributed by atoms with Crippen LogP contribution in [-0.2, 0) is 16.1 Å². The fraction of sp³-hybridized carbons (Fsp3) is 0.400. The Morgan fingerprint density at radius 1 is 1.19 bits per heavy atom. The molecule has 1 aromatic carbocycles. The maximum Gasteiger partial charge on any atom is 0.341 e. The standard InChI is InChI=1S/C20H25NO5/c1-14-7-5-8-16(11-14)25-10-6-9-19(22)21(3)13-17-12-18(15(2)26-17)20(23)24-4/h5,7-8,11-12H,6,9-10,13H2,1-4H3. The monoisotopic (exact) mass is 359 g/mol. The summed E-state index contributed by atoms with van der Waals surface area (Å²) in [6, 6.07) is 9.43. The van der Waals surface area contributed by atoms with E-state index in [1.54, 1.807) is 24.9 Å². The molecule has 1 heterocycles. The van der Waals surface area contributed by atoms with Gasteiger partial charge in [0, 0.05) is 13.5 Å². The first-order chi connectivity index (χ1) is 12.4. The SMILES string of the molecule is COC(=O)c1cc(CN(C)C(=O)CCCOc2cccc(C)c2)oc1C. The maximum absolute atomic E-state index is 12.2. The van der Waals surface area contributed by atoms with Gasteiger partial charge in [0.2, 0.25) is 5.91 Å². The molecular weight excluding hydrogens is 334 g/mol. The number of carbonyl (C=O) groups is 2. The van der Waals surface area contributed by atoms with Crippen molar-refractivity contribution >= 4 is 11.9 Å². The van der Waals surface area contributed by atoms with Crippen molar-refractivity contribution in [3.63, 3.8) is 0 Å². The summed E-state index contributed by atoms with van der Waals surface area (Å²) >= 11 is 0. The quantitative estimate of drug-likeness (QED) is 0.533. The largest absolute Gasteiger partial charge is 0.494 e. The van der Waals surface area contributed by atoms with E-state index in [4.69, 9.17) is 13.9 Å². The van der Waals surface area contributed by atoms with Crippen molar-refractivity contribution in [1.82, 2.24) is 4.90 Å². The number of amides is 1. The van der Waals surface area contributed by atoms with E-state index >= 15 is 0 Å². The van der Waals surface area contributed by atoms with Gasteiger partial charge in [0.05, 0.1) is 20.3 Å². The number of hydrogen-bond acceptors (Lipinski definition) is 5.